The van der Waals surface area contributed by atoms with Gasteiger partial charge in [0.15, 0.2) is 0 Å². The number of rotatable bonds is 7. The van der Waals surface area contributed by atoms with Gasteiger partial charge in [-0.2, -0.15) is 0 Å². The SMILES string of the molecule is CCC(C)(CC)NC(=O)C(N)CCC(=O)O. The molecule has 0 saturated heterocycles. The lowest BCUT2D eigenvalue weighted by atomic mass is 9.95. The topological polar surface area (TPSA) is 92.4 Å². The minimum Gasteiger partial charge on any atom is -0.481 e. The summed E-state index contributed by atoms with van der Waals surface area (Å²) in [6, 6.07) is -0.742. The molecule has 0 rings (SSSR count). The molecule has 0 spiro atoms. The molecule has 1 unspecified atom stereocenters. The predicted octanol–water partition coefficient (Wildman–Crippen LogP) is 0.873. The van der Waals surface area contributed by atoms with Gasteiger partial charge in [-0.1, -0.05) is 13.8 Å². The molecule has 0 aliphatic carbocycles. The van der Waals surface area contributed by atoms with Gasteiger partial charge < -0.3 is 16.2 Å². The molecule has 1 amide bonds. The van der Waals surface area contributed by atoms with E-state index in [9.17, 15) is 9.59 Å². The molecule has 4 N–H and O–H groups in total. The molecule has 0 heterocycles. The number of carboxylic acids is 1. The Balaban J connectivity index is 4.18. The summed E-state index contributed by atoms with van der Waals surface area (Å²) >= 11 is 0. The van der Waals surface area contributed by atoms with Crippen LogP contribution in [-0.2, 0) is 9.59 Å². The third kappa shape index (κ3) is 5.11. The molecule has 0 aromatic rings. The third-order valence-electron chi connectivity index (χ3n) is 2.99. The van der Waals surface area contributed by atoms with Crippen molar-refractivity contribution in [2.24, 2.45) is 5.73 Å². The van der Waals surface area contributed by atoms with Crippen molar-refractivity contribution in [1.82, 2.24) is 5.32 Å². The Hall–Kier alpha value is -1.10. The van der Waals surface area contributed by atoms with Crippen molar-refractivity contribution in [3.8, 4) is 0 Å². The molecule has 0 aliphatic rings. The number of carbonyl (C=O) groups is 2. The molecule has 16 heavy (non-hydrogen) atoms. The largest absolute Gasteiger partial charge is 0.481 e. The van der Waals surface area contributed by atoms with Gasteiger partial charge in [0.25, 0.3) is 0 Å². The van der Waals surface area contributed by atoms with E-state index >= 15 is 0 Å². The Morgan fingerprint density at radius 1 is 1.38 bits per heavy atom. The van der Waals surface area contributed by atoms with E-state index in [1.807, 2.05) is 20.8 Å². The number of amides is 1. The molecule has 0 fully saturated rings. The summed E-state index contributed by atoms with van der Waals surface area (Å²) in [7, 11) is 0. The van der Waals surface area contributed by atoms with Gasteiger partial charge in [0, 0.05) is 12.0 Å². The van der Waals surface area contributed by atoms with Crippen LogP contribution in [0, 0.1) is 0 Å². The predicted molar refractivity (Wildman–Crippen MR) is 62.0 cm³/mol. The summed E-state index contributed by atoms with van der Waals surface area (Å²) in [6.07, 6.45) is 1.73. The van der Waals surface area contributed by atoms with Gasteiger partial charge in [0.05, 0.1) is 6.04 Å². The first-order valence-electron chi connectivity index (χ1n) is 5.64. The number of nitrogens with two attached hydrogens (primary N) is 1. The number of carboxylic acid groups (broad SMARTS) is 1. The molecular weight excluding hydrogens is 208 g/mol. The van der Waals surface area contributed by atoms with E-state index < -0.39 is 12.0 Å². The maximum absolute atomic E-state index is 11.7. The first kappa shape index (κ1) is 14.9. The fourth-order valence-electron chi connectivity index (χ4n) is 1.23. The minimum atomic E-state index is -0.933. The van der Waals surface area contributed by atoms with Crippen LogP contribution in [0.5, 0.6) is 0 Å². The van der Waals surface area contributed by atoms with E-state index in [1.54, 1.807) is 0 Å². The smallest absolute Gasteiger partial charge is 0.303 e. The molecule has 1 atom stereocenters. The van der Waals surface area contributed by atoms with E-state index in [2.05, 4.69) is 5.32 Å². The molecule has 0 radical (unpaired) electrons. The van der Waals surface area contributed by atoms with Crippen molar-refractivity contribution in [2.75, 3.05) is 0 Å². The quantitative estimate of drug-likeness (QED) is 0.605. The average molecular weight is 230 g/mol. The molecule has 5 heteroatoms. The number of hydrogen-bond acceptors (Lipinski definition) is 3. The van der Waals surface area contributed by atoms with Crippen LogP contribution < -0.4 is 11.1 Å². The van der Waals surface area contributed by atoms with Crippen LogP contribution in [0.1, 0.15) is 46.5 Å². The van der Waals surface area contributed by atoms with Crippen LogP contribution in [0.15, 0.2) is 0 Å². The average Bonchev–Trinajstić information content (AvgIpc) is 2.25. The zero-order valence-corrected chi connectivity index (χ0v) is 10.2. The van der Waals surface area contributed by atoms with Gasteiger partial charge in [0.2, 0.25) is 5.91 Å². The lowest BCUT2D eigenvalue weighted by molar-refractivity contribution is -0.137. The Kier molecular flexibility index (Phi) is 6.03. The summed E-state index contributed by atoms with van der Waals surface area (Å²) in [5, 5.41) is 11.3. The maximum atomic E-state index is 11.7. The molecule has 94 valence electrons. The van der Waals surface area contributed by atoms with Gasteiger partial charge >= 0.3 is 5.97 Å². The fourth-order valence-corrected chi connectivity index (χ4v) is 1.23. The van der Waals surface area contributed by atoms with Gasteiger partial charge in [-0.05, 0) is 26.2 Å². The van der Waals surface area contributed by atoms with Crippen molar-refractivity contribution >= 4 is 11.9 Å². The van der Waals surface area contributed by atoms with Gasteiger partial charge in [-0.25, -0.2) is 0 Å². The van der Waals surface area contributed by atoms with Crippen molar-refractivity contribution < 1.29 is 14.7 Å². The summed E-state index contributed by atoms with van der Waals surface area (Å²) in [6.45, 7) is 5.94. The highest BCUT2D eigenvalue weighted by Gasteiger charge is 2.25. The first-order chi connectivity index (χ1) is 7.34. The van der Waals surface area contributed by atoms with Crippen LogP contribution in [0.4, 0.5) is 0 Å². The molecule has 5 nitrogen and oxygen atoms in total. The maximum Gasteiger partial charge on any atom is 0.303 e. The van der Waals surface area contributed by atoms with Crippen molar-refractivity contribution in [3.05, 3.63) is 0 Å². The molecule has 0 aromatic heterocycles. The highest BCUT2D eigenvalue weighted by molar-refractivity contribution is 5.82. The summed E-state index contributed by atoms with van der Waals surface area (Å²) in [4.78, 5) is 22.0. The normalized spacial score (nSPS) is 13.2. The second-order valence-electron chi connectivity index (χ2n) is 4.30. The Labute approximate surface area is 96.4 Å². The number of aliphatic carboxylic acids is 1. The molecule has 0 saturated carbocycles. The highest BCUT2D eigenvalue weighted by Crippen LogP contribution is 2.13. The fraction of sp³-hybridized carbons (Fsp3) is 0.818. The van der Waals surface area contributed by atoms with E-state index in [0.717, 1.165) is 12.8 Å². The Bertz CT molecular complexity index is 250. The second kappa shape index (κ2) is 6.48. The summed E-state index contributed by atoms with van der Waals surface area (Å²) in [5.74, 6) is -1.20. The summed E-state index contributed by atoms with van der Waals surface area (Å²) in [5.41, 5.74) is 5.35. The zero-order valence-electron chi connectivity index (χ0n) is 10.2. The van der Waals surface area contributed by atoms with Crippen molar-refractivity contribution in [3.63, 3.8) is 0 Å². The molecule has 0 aliphatic heterocycles. The number of hydrogen-bond donors (Lipinski definition) is 3. The van der Waals surface area contributed by atoms with Crippen LogP contribution in [0.2, 0.25) is 0 Å². The van der Waals surface area contributed by atoms with Gasteiger partial charge in [-0.3, -0.25) is 9.59 Å². The Morgan fingerprint density at radius 3 is 2.25 bits per heavy atom. The number of nitrogens with one attached hydrogen (secondary N) is 1. The minimum absolute atomic E-state index is 0.0798. The lowest BCUT2D eigenvalue weighted by Crippen LogP contribution is -2.51. The van der Waals surface area contributed by atoms with Gasteiger partial charge in [-0.15, -0.1) is 0 Å². The van der Waals surface area contributed by atoms with Gasteiger partial charge in [0.1, 0.15) is 0 Å². The molecule has 0 aromatic carbocycles. The summed E-state index contributed by atoms with van der Waals surface area (Å²) < 4.78 is 0. The number of carbonyl (C=O) groups excluding carboxylic acids is 1. The monoisotopic (exact) mass is 230 g/mol. The lowest BCUT2D eigenvalue weighted by Gasteiger charge is -2.29. The first-order valence-corrected chi connectivity index (χ1v) is 5.64. The highest BCUT2D eigenvalue weighted by atomic mass is 16.4. The van der Waals surface area contributed by atoms with Crippen LogP contribution in [0.3, 0.4) is 0 Å². The van der Waals surface area contributed by atoms with Crippen LogP contribution >= 0.6 is 0 Å². The standard InChI is InChI=1S/C11H22N2O3/c1-4-11(3,5-2)13-10(16)8(12)6-7-9(14)15/h8H,4-7,12H2,1-3H3,(H,13,16)(H,14,15). The second-order valence-corrected chi connectivity index (χ2v) is 4.30. The Morgan fingerprint density at radius 2 is 1.88 bits per heavy atom. The van der Waals surface area contributed by atoms with Crippen LogP contribution in [0.25, 0.3) is 0 Å². The zero-order chi connectivity index (χ0) is 12.8. The van der Waals surface area contributed by atoms with E-state index in [4.69, 9.17) is 10.8 Å². The molecular formula is C11H22N2O3. The van der Waals surface area contributed by atoms with E-state index in [-0.39, 0.29) is 24.3 Å². The van der Waals surface area contributed by atoms with Crippen molar-refractivity contribution in [1.29, 1.82) is 0 Å². The third-order valence-corrected chi connectivity index (χ3v) is 2.99. The van der Waals surface area contributed by atoms with Crippen LogP contribution in [-0.4, -0.2) is 28.6 Å². The van der Waals surface area contributed by atoms with E-state index in [0.29, 0.717) is 0 Å². The van der Waals surface area contributed by atoms with E-state index in [1.165, 1.54) is 0 Å². The van der Waals surface area contributed by atoms with Crippen molar-refractivity contribution in [2.45, 2.75) is 58.0 Å². The molecule has 0 bridgehead atoms.